The van der Waals surface area contributed by atoms with Crippen LogP contribution in [0.1, 0.15) is 45.0 Å². The first-order chi connectivity index (χ1) is 17.0. The fourth-order valence-corrected chi connectivity index (χ4v) is 7.01. The van der Waals surface area contributed by atoms with Crippen LogP contribution in [0.5, 0.6) is 0 Å². The Bertz CT molecular complexity index is 1400. The number of halogens is 2. The summed E-state index contributed by atoms with van der Waals surface area (Å²) in [6, 6.07) is 3.52. The molecule has 2 atom stereocenters. The van der Waals surface area contributed by atoms with Crippen LogP contribution in [0.3, 0.4) is 0 Å². The van der Waals surface area contributed by atoms with Crippen molar-refractivity contribution >= 4 is 49.7 Å². The van der Waals surface area contributed by atoms with E-state index in [1.165, 1.54) is 17.8 Å². The number of rotatable bonds is 7. The number of benzene rings is 1. The third-order valence-electron chi connectivity index (χ3n) is 6.34. The number of nitrogens with one attached hydrogen (secondary N) is 2. The largest absolute Gasteiger partial charge is 0.367 e. The van der Waals surface area contributed by atoms with Crippen molar-refractivity contribution in [3.63, 3.8) is 0 Å². The van der Waals surface area contributed by atoms with Gasteiger partial charge in [-0.3, -0.25) is 0 Å². The lowest BCUT2D eigenvalue weighted by Crippen LogP contribution is -2.54. The summed E-state index contributed by atoms with van der Waals surface area (Å²) < 4.78 is 56.3. The molecule has 1 aliphatic carbocycles. The van der Waals surface area contributed by atoms with E-state index >= 15 is 0 Å². The maximum Gasteiger partial charge on any atom is 0.291 e. The molecule has 36 heavy (non-hydrogen) atoms. The minimum atomic E-state index is -3.86. The van der Waals surface area contributed by atoms with Gasteiger partial charge >= 0.3 is 0 Å². The number of hydrogen-bond acceptors (Lipinski definition) is 10. The Morgan fingerprint density at radius 3 is 2.47 bits per heavy atom. The highest BCUT2D eigenvalue weighted by molar-refractivity contribution is 7.98. The predicted octanol–water partition coefficient (Wildman–Crippen LogP) is 3.83. The molecule has 1 aromatic carbocycles. The lowest BCUT2D eigenvalue weighted by molar-refractivity contribution is 0.150. The molecule has 194 valence electrons. The first-order valence-electron chi connectivity index (χ1n) is 11.5. The quantitative estimate of drug-likeness (QED) is 0.332. The lowest BCUT2D eigenvalue weighted by atomic mass is 10.1. The second-order valence-corrected chi connectivity index (χ2v) is 13.1. The maximum absolute atomic E-state index is 13.4. The molecule has 2 N–H and O–H groups in total. The molecular weight excluding hydrogens is 528 g/mol. The molecule has 1 saturated carbocycles. The van der Waals surface area contributed by atoms with Crippen LogP contribution < -0.4 is 14.9 Å². The Morgan fingerprint density at radius 2 is 1.89 bits per heavy atom. The summed E-state index contributed by atoms with van der Waals surface area (Å²) in [5, 5.41) is 11.7. The molecule has 1 saturated heterocycles. The summed E-state index contributed by atoms with van der Waals surface area (Å²) in [4.78, 5) is 11.5. The van der Waals surface area contributed by atoms with Gasteiger partial charge in [-0.05, 0) is 52.0 Å². The summed E-state index contributed by atoms with van der Waals surface area (Å²) in [6.45, 7) is 7.31. The number of piperazine rings is 1. The van der Waals surface area contributed by atoms with Crippen LogP contribution in [0.25, 0.3) is 21.6 Å². The van der Waals surface area contributed by atoms with E-state index in [0.29, 0.717) is 40.5 Å². The van der Waals surface area contributed by atoms with Gasteiger partial charge in [0.15, 0.2) is 15.2 Å². The van der Waals surface area contributed by atoms with E-state index in [9.17, 15) is 17.2 Å². The number of hydrogen-bond donors (Lipinski definition) is 2. The van der Waals surface area contributed by atoms with Crippen molar-refractivity contribution in [1.29, 1.82) is 0 Å². The van der Waals surface area contributed by atoms with Crippen molar-refractivity contribution in [2.45, 2.75) is 67.7 Å². The first-order valence-corrected chi connectivity index (χ1v) is 15.1. The molecule has 0 bridgehead atoms. The molecule has 5 rings (SSSR count). The van der Waals surface area contributed by atoms with Gasteiger partial charge in [-0.25, -0.2) is 31.9 Å². The molecule has 3 aromatic rings. The summed E-state index contributed by atoms with van der Waals surface area (Å²) in [5.41, 5.74) is 1.04. The van der Waals surface area contributed by atoms with Crippen LogP contribution in [0.4, 0.5) is 14.5 Å². The molecule has 3 heterocycles. The monoisotopic (exact) mass is 555 g/mol. The third kappa shape index (κ3) is 5.05. The van der Waals surface area contributed by atoms with Gasteiger partial charge in [0, 0.05) is 36.1 Å². The molecule has 0 radical (unpaired) electrons. The average Bonchev–Trinajstić information content (AvgIpc) is 3.31. The van der Waals surface area contributed by atoms with Crippen molar-refractivity contribution in [3.05, 3.63) is 17.1 Å². The molecule has 2 unspecified atom stereocenters. The highest BCUT2D eigenvalue weighted by Crippen LogP contribution is 2.40. The number of sulfonamides is 1. The number of alkyl halides is 2. The van der Waals surface area contributed by atoms with E-state index in [-0.39, 0.29) is 22.0 Å². The number of nitrogens with zero attached hydrogens (tertiary/aromatic N) is 5. The van der Waals surface area contributed by atoms with E-state index in [2.05, 4.69) is 44.0 Å². The van der Waals surface area contributed by atoms with Crippen molar-refractivity contribution < 1.29 is 17.2 Å². The van der Waals surface area contributed by atoms with Gasteiger partial charge in [0.1, 0.15) is 5.69 Å². The molecule has 0 amide bonds. The number of fused-ring (bicyclic) bond motifs is 1. The molecule has 2 fully saturated rings. The summed E-state index contributed by atoms with van der Waals surface area (Å²) in [5.74, 6) is 0. The Balaban J connectivity index is 1.76. The second kappa shape index (κ2) is 9.39. The maximum atomic E-state index is 13.4. The minimum absolute atomic E-state index is 0.0808. The standard InChI is InChI=1S/C22H27F2N7O2S3/c1-11-9-31(10-12(2)25-11)15-8-13(36(32,33)30-22(3)5-6-22)7-14-16(15)26-21(34-4)27-17(14)19-28-29-20(35-19)18(23)24/h7-8,11-12,18,25,30H,5-6,9-10H2,1-4H3. The molecular formula is C22H27F2N7O2S3. The Kier molecular flexibility index (Phi) is 6.69. The molecule has 0 spiro atoms. The van der Waals surface area contributed by atoms with E-state index in [1.807, 2.05) is 13.2 Å². The van der Waals surface area contributed by atoms with Crippen LogP contribution in [-0.4, -0.2) is 65.6 Å². The number of thioether (sulfide) groups is 1. The van der Waals surface area contributed by atoms with Crippen LogP contribution in [0, 0.1) is 0 Å². The Hall–Kier alpha value is -2.00. The molecule has 2 aromatic heterocycles. The topological polar surface area (TPSA) is 113 Å². The third-order valence-corrected chi connectivity index (χ3v) is 9.44. The molecule has 9 nitrogen and oxygen atoms in total. The average molecular weight is 556 g/mol. The summed E-state index contributed by atoms with van der Waals surface area (Å²) in [6.07, 6.45) is 0.602. The van der Waals surface area contributed by atoms with Crippen molar-refractivity contribution in [3.8, 4) is 10.7 Å². The van der Waals surface area contributed by atoms with Gasteiger partial charge in [0.2, 0.25) is 10.0 Å². The van der Waals surface area contributed by atoms with Crippen LogP contribution in [-0.2, 0) is 10.0 Å². The molecule has 2 aliphatic rings. The Morgan fingerprint density at radius 1 is 1.19 bits per heavy atom. The van der Waals surface area contributed by atoms with E-state index in [0.717, 1.165) is 24.2 Å². The van der Waals surface area contributed by atoms with E-state index < -0.39 is 27.0 Å². The minimum Gasteiger partial charge on any atom is -0.367 e. The van der Waals surface area contributed by atoms with Gasteiger partial charge in [0.05, 0.1) is 16.1 Å². The van der Waals surface area contributed by atoms with Crippen LogP contribution in [0.15, 0.2) is 22.2 Å². The normalized spacial score (nSPS) is 21.9. The fraction of sp³-hybridized carbons (Fsp3) is 0.545. The van der Waals surface area contributed by atoms with Gasteiger partial charge in [-0.1, -0.05) is 23.1 Å². The SMILES string of the molecule is CSc1nc(-c2nnc(C(F)F)s2)c2cc(S(=O)(=O)NC3(C)CC3)cc(N3CC(C)NC(C)C3)c2n1. The Labute approximate surface area is 216 Å². The zero-order chi connectivity index (χ0) is 25.8. The predicted molar refractivity (Wildman–Crippen MR) is 137 cm³/mol. The van der Waals surface area contributed by atoms with Crippen LogP contribution >= 0.6 is 23.1 Å². The van der Waals surface area contributed by atoms with Gasteiger partial charge in [0.25, 0.3) is 6.43 Å². The summed E-state index contributed by atoms with van der Waals surface area (Å²) in [7, 11) is -3.86. The van der Waals surface area contributed by atoms with Crippen molar-refractivity contribution in [1.82, 2.24) is 30.2 Å². The highest BCUT2D eigenvalue weighted by atomic mass is 32.2. The van der Waals surface area contributed by atoms with Crippen molar-refractivity contribution in [2.75, 3.05) is 24.2 Å². The van der Waals surface area contributed by atoms with Gasteiger partial charge in [-0.2, -0.15) is 0 Å². The zero-order valence-electron chi connectivity index (χ0n) is 20.2. The molecule has 1 aliphatic heterocycles. The van der Waals surface area contributed by atoms with E-state index in [1.54, 1.807) is 6.07 Å². The zero-order valence-corrected chi connectivity index (χ0v) is 22.7. The summed E-state index contributed by atoms with van der Waals surface area (Å²) >= 11 is 2.06. The van der Waals surface area contributed by atoms with Crippen molar-refractivity contribution in [2.24, 2.45) is 0 Å². The fourth-order valence-electron chi connectivity index (χ4n) is 4.43. The number of anilines is 1. The smallest absolute Gasteiger partial charge is 0.291 e. The van der Waals surface area contributed by atoms with Crippen LogP contribution in [0.2, 0.25) is 0 Å². The molecule has 14 heteroatoms. The highest BCUT2D eigenvalue weighted by Gasteiger charge is 2.41. The lowest BCUT2D eigenvalue weighted by Gasteiger charge is -2.38. The first kappa shape index (κ1) is 25.6. The van der Waals surface area contributed by atoms with Gasteiger partial charge in [-0.15, -0.1) is 10.2 Å². The van der Waals surface area contributed by atoms with Gasteiger partial charge < -0.3 is 10.2 Å². The second-order valence-electron chi connectivity index (χ2n) is 9.68. The number of aromatic nitrogens is 4. The van der Waals surface area contributed by atoms with E-state index in [4.69, 9.17) is 4.98 Å².